The van der Waals surface area contributed by atoms with Crippen LogP contribution in [0.15, 0.2) is 0 Å². The molecule has 1 fully saturated rings. The number of methoxy groups -OCH3 is 1. The van der Waals surface area contributed by atoms with E-state index in [0.29, 0.717) is 25.7 Å². The molecule has 0 aliphatic heterocycles. The minimum absolute atomic E-state index is 0.0246. The standard InChI is InChI=1S/C9H18N2O3/c1-14-3-2-10-9(13)6-11-7-4-8(12)5-7/h7-8,11-12H,2-6H2,1H3,(H,10,13). The number of nitrogens with one attached hydrogen (secondary N) is 2. The Balaban J connectivity index is 1.93. The van der Waals surface area contributed by atoms with Crippen molar-refractivity contribution in [2.45, 2.75) is 25.0 Å². The number of amides is 1. The highest BCUT2D eigenvalue weighted by molar-refractivity contribution is 5.77. The maximum absolute atomic E-state index is 11.2. The number of carbonyl (C=O) groups is 1. The average molecular weight is 202 g/mol. The fraction of sp³-hybridized carbons (Fsp3) is 0.889. The number of aliphatic hydroxyl groups is 1. The summed E-state index contributed by atoms with van der Waals surface area (Å²) in [6, 6.07) is 0.304. The Morgan fingerprint density at radius 1 is 1.57 bits per heavy atom. The Hall–Kier alpha value is -0.650. The first-order valence-corrected chi connectivity index (χ1v) is 4.89. The van der Waals surface area contributed by atoms with Crippen LogP contribution in [0.1, 0.15) is 12.8 Å². The Morgan fingerprint density at radius 2 is 2.29 bits per heavy atom. The van der Waals surface area contributed by atoms with Crippen LogP contribution in [-0.4, -0.2) is 50.0 Å². The van der Waals surface area contributed by atoms with Gasteiger partial charge in [-0.05, 0) is 12.8 Å². The van der Waals surface area contributed by atoms with Crippen LogP contribution in [0.4, 0.5) is 0 Å². The van der Waals surface area contributed by atoms with E-state index in [9.17, 15) is 4.79 Å². The van der Waals surface area contributed by atoms with Gasteiger partial charge >= 0.3 is 0 Å². The molecule has 0 aromatic rings. The average Bonchev–Trinajstić information content (AvgIpc) is 2.11. The van der Waals surface area contributed by atoms with E-state index in [4.69, 9.17) is 9.84 Å². The molecule has 0 heterocycles. The van der Waals surface area contributed by atoms with Gasteiger partial charge in [0, 0.05) is 19.7 Å². The predicted molar refractivity (Wildman–Crippen MR) is 51.9 cm³/mol. The fourth-order valence-corrected chi connectivity index (χ4v) is 1.35. The molecule has 0 radical (unpaired) electrons. The van der Waals surface area contributed by atoms with Gasteiger partial charge in [0.25, 0.3) is 0 Å². The normalized spacial score (nSPS) is 25.6. The van der Waals surface area contributed by atoms with Crippen molar-refractivity contribution in [3.05, 3.63) is 0 Å². The highest BCUT2D eigenvalue weighted by Gasteiger charge is 2.26. The number of ether oxygens (including phenoxy) is 1. The number of rotatable bonds is 6. The zero-order chi connectivity index (χ0) is 10.4. The second-order valence-electron chi connectivity index (χ2n) is 3.55. The van der Waals surface area contributed by atoms with Gasteiger partial charge in [-0.1, -0.05) is 0 Å². The van der Waals surface area contributed by atoms with Gasteiger partial charge in [-0.3, -0.25) is 4.79 Å². The Bertz CT molecular complexity index is 181. The second kappa shape index (κ2) is 5.95. The molecule has 0 aromatic carbocycles. The van der Waals surface area contributed by atoms with Crippen LogP contribution in [0.3, 0.4) is 0 Å². The van der Waals surface area contributed by atoms with E-state index in [2.05, 4.69) is 10.6 Å². The lowest BCUT2D eigenvalue weighted by molar-refractivity contribution is -0.120. The molecule has 14 heavy (non-hydrogen) atoms. The molecular formula is C9H18N2O3. The van der Waals surface area contributed by atoms with E-state index >= 15 is 0 Å². The van der Waals surface area contributed by atoms with Crippen molar-refractivity contribution in [3.8, 4) is 0 Å². The summed E-state index contributed by atoms with van der Waals surface area (Å²) in [5.74, 6) is -0.0246. The summed E-state index contributed by atoms with van der Waals surface area (Å²) in [7, 11) is 1.60. The molecule has 5 nitrogen and oxygen atoms in total. The van der Waals surface area contributed by atoms with Crippen LogP contribution in [-0.2, 0) is 9.53 Å². The molecule has 82 valence electrons. The van der Waals surface area contributed by atoms with Gasteiger partial charge in [0.1, 0.15) is 0 Å². The molecule has 0 bridgehead atoms. The number of carbonyl (C=O) groups excluding carboxylic acids is 1. The summed E-state index contributed by atoms with van der Waals surface area (Å²) in [5.41, 5.74) is 0. The lowest BCUT2D eigenvalue weighted by Gasteiger charge is -2.31. The van der Waals surface area contributed by atoms with Gasteiger partial charge in [-0.2, -0.15) is 0 Å². The third kappa shape index (κ3) is 4.04. The molecule has 1 rings (SSSR count). The molecular weight excluding hydrogens is 184 g/mol. The SMILES string of the molecule is COCCNC(=O)CNC1CC(O)C1. The molecule has 1 aliphatic carbocycles. The van der Waals surface area contributed by atoms with E-state index in [1.54, 1.807) is 7.11 Å². The third-order valence-corrected chi connectivity index (χ3v) is 2.29. The maximum Gasteiger partial charge on any atom is 0.234 e. The van der Waals surface area contributed by atoms with Crippen molar-refractivity contribution in [3.63, 3.8) is 0 Å². The smallest absolute Gasteiger partial charge is 0.234 e. The van der Waals surface area contributed by atoms with Crippen LogP contribution < -0.4 is 10.6 Å². The molecule has 0 saturated heterocycles. The topological polar surface area (TPSA) is 70.6 Å². The maximum atomic E-state index is 11.2. The lowest BCUT2D eigenvalue weighted by Crippen LogP contribution is -2.48. The largest absolute Gasteiger partial charge is 0.393 e. The van der Waals surface area contributed by atoms with Gasteiger partial charge in [0.2, 0.25) is 5.91 Å². The minimum atomic E-state index is -0.177. The van der Waals surface area contributed by atoms with Crippen molar-refractivity contribution in [2.24, 2.45) is 0 Å². The first-order valence-electron chi connectivity index (χ1n) is 4.89. The highest BCUT2D eigenvalue weighted by atomic mass is 16.5. The molecule has 1 amide bonds. The Kier molecular flexibility index (Phi) is 4.86. The third-order valence-electron chi connectivity index (χ3n) is 2.29. The van der Waals surface area contributed by atoms with Crippen molar-refractivity contribution in [2.75, 3.05) is 26.8 Å². The first-order chi connectivity index (χ1) is 6.72. The molecule has 0 spiro atoms. The van der Waals surface area contributed by atoms with Crippen molar-refractivity contribution < 1.29 is 14.6 Å². The van der Waals surface area contributed by atoms with Crippen LogP contribution in [0.2, 0.25) is 0 Å². The lowest BCUT2D eigenvalue weighted by atomic mass is 9.89. The molecule has 0 unspecified atom stereocenters. The number of hydrogen-bond acceptors (Lipinski definition) is 4. The predicted octanol–water partition coefficient (Wildman–Crippen LogP) is -1.14. The summed E-state index contributed by atoms with van der Waals surface area (Å²) in [6.07, 6.45) is 1.33. The van der Waals surface area contributed by atoms with Gasteiger partial charge in [-0.25, -0.2) is 0 Å². The number of hydrogen-bond donors (Lipinski definition) is 3. The van der Waals surface area contributed by atoms with Crippen molar-refractivity contribution >= 4 is 5.91 Å². The Morgan fingerprint density at radius 3 is 2.86 bits per heavy atom. The van der Waals surface area contributed by atoms with E-state index in [1.165, 1.54) is 0 Å². The minimum Gasteiger partial charge on any atom is -0.393 e. The molecule has 0 atom stereocenters. The van der Waals surface area contributed by atoms with Gasteiger partial charge in [0.15, 0.2) is 0 Å². The van der Waals surface area contributed by atoms with Crippen molar-refractivity contribution in [1.29, 1.82) is 0 Å². The Labute approximate surface area is 83.8 Å². The van der Waals surface area contributed by atoms with Crippen LogP contribution >= 0.6 is 0 Å². The summed E-state index contributed by atoms with van der Waals surface area (Å²) in [5, 5.41) is 14.8. The summed E-state index contributed by atoms with van der Waals surface area (Å²) >= 11 is 0. The second-order valence-corrected chi connectivity index (χ2v) is 3.55. The summed E-state index contributed by atoms with van der Waals surface area (Å²) in [4.78, 5) is 11.2. The first kappa shape index (κ1) is 11.4. The van der Waals surface area contributed by atoms with Crippen LogP contribution in [0, 0.1) is 0 Å². The van der Waals surface area contributed by atoms with Gasteiger partial charge in [0.05, 0.1) is 19.3 Å². The van der Waals surface area contributed by atoms with E-state index < -0.39 is 0 Å². The monoisotopic (exact) mass is 202 g/mol. The zero-order valence-electron chi connectivity index (χ0n) is 8.45. The highest BCUT2D eigenvalue weighted by Crippen LogP contribution is 2.18. The molecule has 5 heteroatoms. The molecule has 1 saturated carbocycles. The zero-order valence-corrected chi connectivity index (χ0v) is 8.45. The van der Waals surface area contributed by atoms with E-state index in [-0.39, 0.29) is 12.0 Å². The fourth-order valence-electron chi connectivity index (χ4n) is 1.35. The van der Waals surface area contributed by atoms with E-state index in [0.717, 1.165) is 12.8 Å². The van der Waals surface area contributed by atoms with Gasteiger partial charge < -0.3 is 20.5 Å². The number of aliphatic hydroxyl groups excluding tert-OH is 1. The van der Waals surface area contributed by atoms with E-state index in [1.807, 2.05) is 0 Å². The molecule has 1 aliphatic rings. The summed E-state index contributed by atoms with van der Waals surface area (Å²) < 4.78 is 4.80. The van der Waals surface area contributed by atoms with Crippen LogP contribution in [0.5, 0.6) is 0 Å². The molecule has 3 N–H and O–H groups in total. The summed E-state index contributed by atoms with van der Waals surface area (Å²) in [6.45, 7) is 1.40. The molecule has 0 aromatic heterocycles. The van der Waals surface area contributed by atoms with Crippen LogP contribution in [0.25, 0.3) is 0 Å². The quantitative estimate of drug-likeness (QED) is 0.476. The van der Waals surface area contributed by atoms with Gasteiger partial charge in [-0.15, -0.1) is 0 Å². The van der Waals surface area contributed by atoms with Crippen molar-refractivity contribution in [1.82, 2.24) is 10.6 Å².